The highest BCUT2D eigenvalue weighted by molar-refractivity contribution is 5.88. The van der Waals surface area contributed by atoms with Crippen LogP contribution in [0.5, 0.6) is 0 Å². The molecule has 0 amide bonds. The number of nitrogens with two attached hydrogens (primary N) is 1. The van der Waals surface area contributed by atoms with Gasteiger partial charge in [0.1, 0.15) is 18.3 Å². The van der Waals surface area contributed by atoms with Gasteiger partial charge in [-0.25, -0.2) is 0 Å². The van der Waals surface area contributed by atoms with Crippen molar-refractivity contribution in [2.75, 3.05) is 19.8 Å². The van der Waals surface area contributed by atoms with Crippen LogP contribution < -0.4 is 5.73 Å². The summed E-state index contributed by atoms with van der Waals surface area (Å²) < 4.78 is 5.36. The van der Waals surface area contributed by atoms with Crippen LogP contribution in [0.2, 0.25) is 0 Å². The maximum Gasteiger partial charge on any atom is 0.168 e. The molecule has 19 heavy (non-hydrogen) atoms. The molecule has 0 aromatic carbocycles. The van der Waals surface area contributed by atoms with E-state index in [1.54, 1.807) is 13.8 Å². The van der Waals surface area contributed by atoms with Crippen molar-refractivity contribution < 1.29 is 30.0 Å². The summed E-state index contributed by atoms with van der Waals surface area (Å²) in [4.78, 5) is 12.1. The van der Waals surface area contributed by atoms with Gasteiger partial charge in [0.25, 0.3) is 0 Å². The van der Waals surface area contributed by atoms with Gasteiger partial charge in [-0.1, -0.05) is 6.92 Å². The number of rotatable bonds is 10. The summed E-state index contributed by atoms with van der Waals surface area (Å²) in [6.45, 7) is 2.81. The normalized spacial score (nSPS) is 19.5. The first-order valence-electron chi connectivity index (χ1n) is 6.43. The molecule has 0 bridgehead atoms. The zero-order valence-corrected chi connectivity index (χ0v) is 11.5. The van der Waals surface area contributed by atoms with Crippen molar-refractivity contribution in [2.24, 2.45) is 5.73 Å². The number of ketones is 1. The van der Waals surface area contributed by atoms with E-state index in [0.717, 1.165) is 0 Å². The molecule has 0 saturated heterocycles. The van der Waals surface area contributed by atoms with Crippen molar-refractivity contribution >= 4 is 5.78 Å². The van der Waals surface area contributed by atoms with Crippen LogP contribution in [0, 0.1) is 0 Å². The van der Waals surface area contributed by atoms with Crippen LogP contribution in [0.4, 0.5) is 0 Å². The number of ether oxygens (including phenoxy) is 1. The predicted molar refractivity (Wildman–Crippen MR) is 68.4 cm³/mol. The average Bonchev–Trinajstić information content (AvgIpc) is 2.42. The molecule has 114 valence electrons. The number of hydrogen-bond donors (Lipinski definition) is 5. The molecule has 0 fully saturated rings. The van der Waals surface area contributed by atoms with E-state index in [1.165, 1.54) is 0 Å². The monoisotopic (exact) mass is 279 g/mol. The number of aliphatic hydroxyl groups is 4. The van der Waals surface area contributed by atoms with Crippen LogP contribution in [-0.4, -0.2) is 69.9 Å². The fraction of sp³-hybridized carbons (Fsp3) is 0.917. The highest BCUT2D eigenvalue weighted by atomic mass is 16.5. The second-order valence-electron chi connectivity index (χ2n) is 4.32. The number of carbonyl (C=O) groups excluding carboxylic acids is 1. The van der Waals surface area contributed by atoms with Gasteiger partial charge in [0.15, 0.2) is 11.4 Å². The molecule has 0 rings (SSSR count). The summed E-state index contributed by atoms with van der Waals surface area (Å²) in [6.07, 6.45) is -4.76. The molecule has 4 atom stereocenters. The Morgan fingerprint density at radius 1 is 1.32 bits per heavy atom. The molecule has 7 heteroatoms. The molecule has 0 radical (unpaired) electrons. The molecule has 6 N–H and O–H groups in total. The van der Waals surface area contributed by atoms with E-state index in [-0.39, 0.29) is 26.0 Å². The Morgan fingerprint density at radius 3 is 2.26 bits per heavy atom. The fourth-order valence-corrected chi connectivity index (χ4v) is 2.03. The maximum atomic E-state index is 12.1. The average molecular weight is 279 g/mol. The van der Waals surface area contributed by atoms with E-state index < -0.39 is 36.3 Å². The van der Waals surface area contributed by atoms with Crippen LogP contribution >= 0.6 is 0 Å². The molecule has 7 nitrogen and oxygen atoms in total. The smallest absolute Gasteiger partial charge is 0.168 e. The Labute approximate surface area is 113 Å². The minimum Gasteiger partial charge on any atom is -0.394 e. The van der Waals surface area contributed by atoms with Gasteiger partial charge in [0.05, 0.1) is 6.61 Å². The van der Waals surface area contributed by atoms with Crippen molar-refractivity contribution in [3.05, 3.63) is 0 Å². The van der Waals surface area contributed by atoms with E-state index in [4.69, 9.17) is 15.6 Å². The van der Waals surface area contributed by atoms with Crippen molar-refractivity contribution in [1.82, 2.24) is 0 Å². The van der Waals surface area contributed by atoms with Crippen LogP contribution in [0.3, 0.4) is 0 Å². The first-order chi connectivity index (χ1) is 8.91. The Hall–Kier alpha value is -0.570. The quantitative estimate of drug-likeness (QED) is 0.317. The van der Waals surface area contributed by atoms with Crippen molar-refractivity contribution in [2.45, 2.75) is 50.6 Å². The van der Waals surface area contributed by atoms with Gasteiger partial charge in [-0.3, -0.25) is 4.79 Å². The number of carbonyl (C=O) groups is 1. The van der Waals surface area contributed by atoms with Gasteiger partial charge in [0, 0.05) is 13.0 Å². The van der Waals surface area contributed by atoms with E-state index in [0.29, 0.717) is 0 Å². The molecule has 0 heterocycles. The van der Waals surface area contributed by atoms with Crippen LogP contribution in [0.25, 0.3) is 0 Å². The number of aliphatic hydroxyl groups excluding tert-OH is 4. The maximum absolute atomic E-state index is 12.1. The van der Waals surface area contributed by atoms with E-state index >= 15 is 0 Å². The lowest BCUT2D eigenvalue weighted by molar-refractivity contribution is -0.189. The van der Waals surface area contributed by atoms with E-state index in [1.807, 2.05) is 0 Å². The second-order valence-corrected chi connectivity index (χ2v) is 4.32. The Balaban J connectivity index is 5.26. The molecular formula is C12H25NO6. The van der Waals surface area contributed by atoms with Gasteiger partial charge in [-0.05, 0) is 19.9 Å². The van der Waals surface area contributed by atoms with Crippen LogP contribution in [0.1, 0.15) is 26.7 Å². The number of hydrogen-bond acceptors (Lipinski definition) is 7. The third kappa shape index (κ3) is 4.20. The molecule has 0 aromatic heterocycles. The minimum atomic E-state index is -1.68. The van der Waals surface area contributed by atoms with Crippen molar-refractivity contribution in [1.29, 1.82) is 0 Å². The molecule has 0 aromatic rings. The highest BCUT2D eigenvalue weighted by Crippen LogP contribution is 2.27. The molecular weight excluding hydrogens is 254 g/mol. The Morgan fingerprint density at radius 2 is 1.89 bits per heavy atom. The third-order valence-corrected chi connectivity index (χ3v) is 3.15. The zero-order chi connectivity index (χ0) is 15.1. The second kappa shape index (κ2) is 8.57. The topological polar surface area (TPSA) is 133 Å². The molecule has 0 saturated carbocycles. The third-order valence-electron chi connectivity index (χ3n) is 3.15. The van der Waals surface area contributed by atoms with Gasteiger partial charge < -0.3 is 30.9 Å². The molecule has 0 aliphatic rings. The summed E-state index contributed by atoms with van der Waals surface area (Å²) in [6, 6.07) is 0. The van der Waals surface area contributed by atoms with Crippen molar-refractivity contribution in [3.63, 3.8) is 0 Å². The van der Waals surface area contributed by atoms with E-state index in [2.05, 4.69) is 0 Å². The largest absolute Gasteiger partial charge is 0.394 e. The summed E-state index contributed by atoms with van der Waals surface area (Å²) in [5.41, 5.74) is 3.71. The minimum absolute atomic E-state index is 0.00710. The fourth-order valence-electron chi connectivity index (χ4n) is 2.03. The molecule has 0 aliphatic carbocycles. The lowest BCUT2D eigenvalue weighted by atomic mass is 9.82. The standard InChI is InChI=1S/C12H25NO6/c1-3-12(19-4-2,9(16)5-6-13)11(18)10(17)8(15)7-14/h8,10-11,14-15,17-18H,3-7,13H2,1-2H3/t8-,10-,11+,12+/m1/s1. The molecule has 0 aliphatic heterocycles. The zero-order valence-electron chi connectivity index (χ0n) is 11.5. The lowest BCUT2D eigenvalue weighted by Gasteiger charge is -2.38. The van der Waals surface area contributed by atoms with Gasteiger partial charge in [-0.15, -0.1) is 0 Å². The van der Waals surface area contributed by atoms with Gasteiger partial charge in [-0.2, -0.15) is 0 Å². The van der Waals surface area contributed by atoms with Gasteiger partial charge in [0.2, 0.25) is 0 Å². The lowest BCUT2D eigenvalue weighted by Crippen LogP contribution is -2.59. The highest BCUT2D eigenvalue weighted by Gasteiger charge is 2.48. The Kier molecular flexibility index (Phi) is 8.31. The molecule has 0 unspecified atom stereocenters. The number of Topliss-reactive ketones (excluding diaryl/α,β-unsaturated/α-hetero) is 1. The van der Waals surface area contributed by atoms with Crippen LogP contribution in [0.15, 0.2) is 0 Å². The first-order valence-corrected chi connectivity index (χ1v) is 6.43. The van der Waals surface area contributed by atoms with Gasteiger partial charge >= 0.3 is 0 Å². The Bertz CT molecular complexity index is 275. The molecule has 0 spiro atoms. The van der Waals surface area contributed by atoms with Crippen LogP contribution in [-0.2, 0) is 9.53 Å². The summed E-state index contributed by atoms with van der Waals surface area (Å²) in [5, 5.41) is 38.1. The SMILES string of the molecule is CCO[C@@](CC)(C(=O)CCN)[C@@H](O)[C@H](O)[C@H](O)CO. The summed E-state index contributed by atoms with van der Waals surface area (Å²) in [7, 11) is 0. The van der Waals surface area contributed by atoms with E-state index in [9.17, 15) is 20.1 Å². The first kappa shape index (κ1) is 18.4. The summed E-state index contributed by atoms with van der Waals surface area (Å²) >= 11 is 0. The predicted octanol–water partition coefficient (Wildman–Crippen LogP) is -1.84. The summed E-state index contributed by atoms with van der Waals surface area (Å²) in [5.74, 6) is -0.434. The van der Waals surface area contributed by atoms with Crippen molar-refractivity contribution in [3.8, 4) is 0 Å².